The molecule has 0 spiro atoms. The molecule has 2 unspecified atom stereocenters. The van der Waals surface area contributed by atoms with Gasteiger partial charge in [-0.05, 0) is 73.4 Å². The van der Waals surface area contributed by atoms with Crippen molar-refractivity contribution in [2.45, 2.75) is 41.9 Å². The van der Waals surface area contributed by atoms with E-state index in [9.17, 15) is 31.5 Å². The van der Waals surface area contributed by atoms with Crippen LogP contribution in [0.25, 0.3) is 0 Å². The average Bonchev–Trinajstić information content (AvgIpc) is 2.87. The Hall–Kier alpha value is -2.95. The Morgan fingerprint density at radius 1 is 1.08 bits per heavy atom. The van der Waals surface area contributed by atoms with Crippen molar-refractivity contribution >= 4 is 33.0 Å². The van der Waals surface area contributed by atoms with Gasteiger partial charge in [-0.25, -0.2) is 21.6 Å². The summed E-state index contributed by atoms with van der Waals surface area (Å²) < 4.78 is 67.4. The first-order valence-corrected chi connectivity index (χ1v) is 13.5. The highest BCUT2D eigenvalue weighted by Gasteiger charge is 2.61. The van der Waals surface area contributed by atoms with Gasteiger partial charge in [0.05, 0.1) is 20.8 Å². The van der Waals surface area contributed by atoms with Gasteiger partial charge in [0.2, 0.25) is 0 Å². The highest BCUT2D eigenvalue weighted by atomic mass is 35.5. The quantitative estimate of drug-likeness (QED) is 0.427. The standard InChI is InChI=1S/C26H22ClF3N2O4S/c1-13-12-31-5-4-19(13)26(34)15-7-16(26)9-18(8-15)37(35,36)23-6-14(2-3-20(23)27)25(33)32-17-10-21(28)24(30)22(29)11-17/h2-6,10-12,15-16,18,34H,7-9H2,1H3,(H,32,33). The van der Waals surface area contributed by atoms with Gasteiger partial charge in [-0.2, -0.15) is 0 Å². The average molecular weight is 551 g/mol. The first-order chi connectivity index (χ1) is 17.4. The smallest absolute Gasteiger partial charge is 0.255 e. The third kappa shape index (κ3) is 4.20. The molecule has 0 radical (unpaired) electrons. The number of amides is 1. The second-order valence-corrected chi connectivity index (χ2v) is 12.2. The molecule has 194 valence electrons. The summed E-state index contributed by atoms with van der Waals surface area (Å²) in [6.07, 6.45) is 4.41. The van der Waals surface area contributed by atoms with Gasteiger partial charge in [-0.1, -0.05) is 11.6 Å². The van der Waals surface area contributed by atoms with Crippen molar-refractivity contribution in [2.75, 3.05) is 5.32 Å². The summed E-state index contributed by atoms with van der Waals surface area (Å²) in [6.45, 7) is 1.85. The summed E-state index contributed by atoms with van der Waals surface area (Å²) in [6, 6.07) is 6.64. The van der Waals surface area contributed by atoms with Gasteiger partial charge in [0, 0.05) is 35.8 Å². The molecule has 11 heteroatoms. The van der Waals surface area contributed by atoms with Crippen molar-refractivity contribution in [1.82, 2.24) is 4.98 Å². The van der Waals surface area contributed by atoms with Crippen molar-refractivity contribution in [2.24, 2.45) is 11.8 Å². The van der Waals surface area contributed by atoms with Crippen LogP contribution in [0.15, 0.2) is 53.7 Å². The maximum Gasteiger partial charge on any atom is 0.255 e. The van der Waals surface area contributed by atoms with Crippen molar-refractivity contribution in [1.29, 1.82) is 0 Å². The minimum absolute atomic E-state index is 0.0742. The number of benzene rings is 2. The number of aromatic nitrogens is 1. The number of nitrogens with one attached hydrogen (secondary N) is 1. The van der Waals surface area contributed by atoms with E-state index in [1.54, 1.807) is 18.5 Å². The summed E-state index contributed by atoms with van der Waals surface area (Å²) in [5, 5.41) is 12.8. The number of halogens is 4. The number of nitrogens with zero attached hydrogens (tertiary/aromatic N) is 1. The van der Waals surface area contributed by atoms with E-state index in [4.69, 9.17) is 11.6 Å². The van der Waals surface area contributed by atoms with Gasteiger partial charge in [-0.3, -0.25) is 9.78 Å². The highest BCUT2D eigenvalue weighted by molar-refractivity contribution is 7.92. The molecule has 3 saturated carbocycles. The number of fused-ring (bicyclic) bond motifs is 2. The zero-order valence-electron chi connectivity index (χ0n) is 19.5. The number of anilines is 1. The van der Waals surface area contributed by atoms with Gasteiger partial charge >= 0.3 is 0 Å². The lowest BCUT2D eigenvalue weighted by Gasteiger charge is -2.58. The Morgan fingerprint density at radius 2 is 1.73 bits per heavy atom. The van der Waals surface area contributed by atoms with Gasteiger partial charge in [-0.15, -0.1) is 0 Å². The van der Waals surface area contributed by atoms with Crippen LogP contribution in [0.5, 0.6) is 0 Å². The van der Waals surface area contributed by atoms with Crippen molar-refractivity contribution < 1.29 is 31.5 Å². The Balaban J connectivity index is 1.39. The predicted octanol–water partition coefficient (Wildman–Crippen LogP) is 5.17. The molecule has 3 aliphatic carbocycles. The first kappa shape index (κ1) is 25.7. The Labute approximate surface area is 216 Å². The number of carbonyl (C=O) groups is 1. The fourth-order valence-electron chi connectivity index (χ4n) is 5.65. The molecule has 6 nitrogen and oxygen atoms in total. The molecule has 6 rings (SSSR count). The number of carbonyl (C=O) groups excluding carboxylic acids is 1. The van der Waals surface area contributed by atoms with Gasteiger partial charge in [0.25, 0.3) is 5.91 Å². The summed E-state index contributed by atoms with van der Waals surface area (Å²) >= 11 is 6.24. The SMILES string of the molecule is Cc1cnccc1C1(O)C2CC1CC(S(=O)(=O)c1cc(C(=O)Nc3cc(F)c(F)c(F)c3)ccc1Cl)C2. The zero-order valence-corrected chi connectivity index (χ0v) is 21.1. The van der Waals surface area contributed by atoms with Crippen molar-refractivity contribution in [3.8, 4) is 0 Å². The monoisotopic (exact) mass is 550 g/mol. The molecule has 3 aliphatic rings. The van der Waals surface area contributed by atoms with Crippen LogP contribution in [0.2, 0.25) is 5.02 Å². The van der Waals surface area contributed by atoms with Crippen LogP contribution in [-0.4, -0.2) is 29.7 Å². The number of aliphatic hydroxyl groups is 1. The number of hydrogen-bond donors (Lipinski definition) is 2. The first-order valence-electron chi connectivity index (χ1n) is 11.6. The molecule has 0 saturated heterocycles. The predicted molar refractivity (Wildman–Crippen MR) is 130 cm³/mol. The number of sulfone groups is 1. The molecular formula is C26H22ClF3N2O4S. The minimum Gasteiger partial charge on any atom is -0.385 e. The molecule has 2 atom stereocenters. The highest BCUT2D eigenvalue weighted by Crippen LogP contribution is 2.60. The molecule has 2 bridgehead atoms. The molecule has 1 amide bonds. The number of rotatable bonds is 5. The van der Waals surface area contributed by atoms with E-state index in [1.165, 1.54) is 12.1 Å². The zero-order chi connectivity index (χ0) is 26.7. The Morgan fingerprint density at radius 3 is 2.35 bits per heavy atom. The lowest BCUT2D eigenvalue weighted by Crippen LogP contribution is -2.59. The lowest BCUT2D eigenvalue weighted by molar-refractivity contribution is -0.184. The van der Waals surface area contributed by atoms with Gasteiger partial charge in [0.1, 0.15) is 0 Å². The molecule has 3 fully saturated rings. The molecule has 2 N–H and O–H groups in total. The normalized spacial score (nSPS) is 24.9. The summed E-state index contributed by atoms with van der Waals surface area (Å²) in [5.41, 5.74) is 0.0232. The van der Waals surface area contributed by atoms with Crippen molar-refractivity contribution in [3.05, 3.63) is 88.0 Å². The van der Waals surface area contributed by atoms with Crippen LogP contribution in [0, 0.1) is 36.2 Å². The fraction of sp³-hybridized carbons (Fsp3) is 0.308. The van der Waals surface area contributed by atoms with Crippen LogP contribution in [0.3, 0.4) is 0 Å². The molecule has 1 heterocycles. The van der Waals surface area contributed by atoms with Crippen LogP contribution in [0.1, 0.15) is 40.7 Å². The third-order valence-corrected chi connectivity index (χ3v) is 10.2. The summed E-state index contributed by atoms with van der Waals surface area (Å²) in [4.78, 5) is 16.5. The third-order valence-electron chi connectivity index (χ3n) is 7.54. The van der Waals surface area contributed by atoms with E-state index in [0.717, 1.165) is 17.2 Å². The second kappa shape index (κ2) is 9.11. The fourth-order valence-corrected chi connectivity index (χ4v) is 8.05. The van der Waals surface area contributed by atoms with Crippen molar-refractivity contribution in [3.63, 3.8) is 0 Å². The van der Waals surface area contributed by atoms with E-state index < -0.39 is 44.0 Å². The molecule has 37 heavy (non-hydrogen) atoms. The van der Waals surface area contributed by atoms with Crippen LogP contribution in [0.4, 0.5) is 18.9 Å². The maximum atomic E-state index is 13.6. The van der Waals surface area contributed by atoms with Gasteiger partial charge in [0.15, 0.2) is 27.3 Å². The molecular weight excluding hydrogens is 529 g/mol. The second-order valence-electron chi connectivity index (χ2n) is 9.64. The summed E-state index contributed by atoms with van der Waals surface area (Å²) in [7, 11) is -3.99. The Bertz CT molecular complexity index is 1500. The van der Waals surface area contributed by atoms with Crippen LogP contribution in [-0.2, 0) is 15.4 Å². The maximum absolute atomic E-state index is 13.6. The lowest BCUT2D eigenvalue weighted by atomic mass is 9.51. The number of aryl methyl sites for hydroxylation is 1. The molecule has 2 aromatic carbocycles. The minimum atomic E-state index is -3.99. The topological polar surface area (TPSA) is 96.4 Å². The molecule has 3 aromatic rings. The number of pyridine rings is 1. The Kier molecular flexibility index (Phi) is 6.32. The van der Waals surface area contributed by atoms with E-state index in [1.807, 2.05) is 6.92 Å². The molecule has 0 aliphatic heterocycles. The number of hydrogen-bond acceptors (Lipinski definition) is 5. The van der Waals surface area contributed by atoms with Crippen LogP contribution >= 0.6 is 11.6 Å². The van der Waals surface area contributed by atoms with Gasteiger partial charge < -0.3 is 10.4 Å². The van der Waals surface area contributed by atoms with E-state index in [-0.39, 0.29) is 45.8 Å². The van der Waals surface area contributed by atoms with E-state index in [2.05, 4.69) is 10.3 Å². The van der Waals surface area contributed by atoms with E-state index >= 15 is 0 Å². The van der Waals surface area contributed by atoms with E-state index in [0.29, 0.717) is 18.6 Å². The summed E-state index contributed by atoms with van der Waals surface area (Å²) in [5.74, 6) is -6.01. The van der Waals surface area contributed by atoms with Crippen LogP contribution < -0.4 is 5.32 Å². The largest absolute Gasteiger partial charge is 0.385 e. The molecule has 1 aromatic heterocycles.